The number of aromatic nitrogens is 1. The van der Waals surface area contributed by atoms with Gasteiger partial charge < -0.3 is 10.4 Å². The Morgan fingerprint density at radius 1 is 1.26 bits per heavy atom. The molecular weight excluding hydrogens is 270 g/mol. The molecule has 3 nitrogen and oxygen atoms in total. The van der Waals surface area contributed by atoms with Gasteiger partial charge in [0.2, 0.25) is 0 Å². The van der Waals surface area contributed by atoms with Gasteiger partial charge in [-0.1, -0.05) is 30.3 Å². The standard InChI is InChI=1S/C13H14F2N2OS/c14-13(15,9-18)8-16-6-12-17-11(7-19-12)10-4-2-1-3-5-10/h1-5,7,16,18H,6,8-9H2. The third kappa shape index (κ3) is 4.05. The summed E-state index contributed by atoms with van der Waals surface area (Å²) in [7, 11) is 0. The van der Waals surface area contributed by atoms with Gasteiger partial charge in [0.05, 0.1) is 12.2 Å². The molecule has 0 radical (unpaired) electrons. The Morgan fingerprint density at radius 3 is 2.68 bits per heavy atom. The fraction of sp³-hybridized carbons (Fsp3) is 0.308. The van der Waals surface area contributed by atoms with Crippen molar-refractivity contribution in [3.8, 4) is 11.3 Å². The van der Waals surface area contributed by atoms with Gasteiger partial charge in [-0.05, 0) is 0 Å². The molecule has 0 saturated heterocycles. The van der Waals surface area contributed by atoms with E-state index in [0.29, 0.717) is 0 Å². The van der Waals surface area contributed by atoms with E-state index in [0.717, 1.165) is 16.3 Å². The van der Waals surface area contributed by atoms with E-state index >= 15 is 0 Å². The van der Waals surface area contributed by atoms with E-state index in [1.165, 1.54) is 11.3 Å². The molecule has 0 spiro atoms. The molecule has 2 N–H and O–H groups in total. The molecule has 0 unspecified atom stereocenters. The monoisotopic (exact) mass is 284 g/mol. The zero-order chi connectivity index (χ0) is 13.7. The number of nitrogens with zero attached hydrogens (tertiary/aromatic N) is 1. The SMILES string of the molecule is OCC(F)(F)CNCc1nc(-c2ccccc2)cs1. The lowest BCUT2D eigenvalue weighted by Gasteiger charge is -2.12. The zero-order valence-corrected chi connectivity index (χ0v) is 11.0. The van der Waals surface area contributed by atoms with Crippen LogP contribution in [0.1, 0.15) is 5.01 Å². The molecule has 0 bridgehead atoms. The van der Waals surface area contributed by atoms with E-state index in [2.05, 4.69) is 10.3 Å². The minimum Gasteiger partial charge on any atom is -0.390 e. The van der Waals surface area contributed by atoms with Gasteiger partial charge in [-0.15, -0.1) is 11.3 Å². The summed E-state index contributed by atoms with van der Waals surface area (Å²) in [4.78, 5) is 4.37. The van der Waals surface area contributed by atoms with Gasteiger partial charge in [0.15, 0.2) is 0 Å². The number of aliphatic hydroxyl groups excluding tert-OH is 1. The Labute approximate surface area is 113 Å². The summed E-state index contributed by atoms with van der Waals surface area (Å²) in [5, 5.41) is 13.7. The Kier molecular flexibility index (Phi) is 4.57. The fourth-order valence-electron chi connectivity index (χ4n) is 1.54. The van der Waals surface area contributed by atoms with E-state index in [1.54, 1.807) is 0 Å². The lowest BCUT2D eigenvalue weighted by molar-refractivity contribution is -0.0477. The van der Waals surface area contributed by atoms with Crippen LogP contribution in [0.15, 0.2) is 35.7 Å². The summed E-state index contributed by atoms with van der Waals surface area (Å²) in [5.41, 5.74) is 1.85. The average molecular weight is 284 g/mol. The lowest BCUT2D eigenvalue weighted by atomic mass is 10.2. The molecule has 1 aromatic heterocycles. The van der Waals surface area contributed by atoms with Crippen LogP contribution < -0.4 is 5.32 Å². The number of halogens is 2. The first-order valence-corrected chi connectivity index (χ1v) is 6.68. The highest BCUT2D eigenvalue weighted by Crippen LogP contribution is 2.21. The molecule has 0 fully saturated rings. The van der Waals surface area contributed by atoms with Gasteiger partial charge in [-0.2, -0.15) is 0 Å². The topological polar surface area (TPSA) is 45.1 Å². The van der Waals surface area contributed by atoms with Crippen LogP contribution in [-0.2, 0) is 6.54 Å². The van der Waals surface area contributed by atoms with Crippen LogP contribution in [0.4, 0.5) is 8.78 Å². The number of rotatable bonds is 6. The second kappa shape index (κ2) is 6.18. The van der Waals surface area contributed by atoms with Crippen LogP contribution in [-0.4, -0.2) is 29.2 Å². The molecule has 0 aliphatic heterocycles. The van der Waals surface area contributed by atoms with Crippen molar-refractivity contribution >= 4 is 11.3 Å². The molecule has 0 amide bonds. The van der Waals surface area contributed by atoms with E-state index < -0.39 is 19.1 Å². The first-order chi connectivity index (χ1) is 9.11. The van der Waals surface area contributed by atoms with Gasteiger partial charge in [0.25, 0.3) is 5.92 Å². The van der Waals surface area contributed by atoms with Gasteiger partial charge >= 0.3 is 0 Å². The van der Waals surface area contributed by atoms with Crippen molar-refractivity contribution in [3.63, 3.8) is 0 Å². The van der Waals surface area contributed by atoms with Crippen LogP contribution in [0.5, 0.6) is 0 Å². The molecular formula is C13H14F2N2OS. The van der Waals surface area contributed by atoms with E-state index in [9.17, 15) is 8.78 Å². The van der Waals surface area contributed by atoms with Crippen LogP contribution in [0.3, 0.4) is 0 Å². The summed E-state index contributed by atoms with van der Waals surface area (Å²) in [6.07, 6.45) is 0. The van der Waals surface area contributed by atoms with Gasteiger partial charge in [-0.25, -0.2) is 13.8 Å². The molecule has 0 atom stereocenters. The Hall–Kier alpha value is -1.37. The maximum Gasteiger partial charge on any atom is 0.282 e. The van der Waals surface area contributed by atoms with Gasteiger partial charge in [0, 0.05) is 17.5 Å². The fourth-order valence-corrected chi connectivity index (χ4v) is 2.31. The molecule has 0 aliphatic rings. The average Bonchev–Trinajstić information content (AvgIpc) is 2.88. The number of benzene rings is 1. The highest BCUT2D eigenvalue weighted by molar-refractivity contribution is 7.09. The second-order valence-corrected chi connectivity index (χ2v) is 5.05. The molecule has 2 rings (SSSR count). The molecule has 19 heavy (non-hydrogen) atoms. The van der Waals surface area contributed by atoms with Gasteiger partial charge in [-0.3, -0.25) is 0 Å². The Bertz CT molecular complexity index is 516. The predicted molar refractivity (Wildman–Crippen MR) is 71.3 cm³/mol. The zero-order valence-electron chi connectivity index (χ0n) is 10.1. The number of hydrogen-bond donors (Lipinski definition) is 2. The van der Waals surface area contributed by atoms with Crippen LogP contribution in [0.25, 0.3) is 11.3 Å². The maximum absolute atomic E-state index is 12.8. The van der Waals surface area contributed by atoms with Crippen LogP contribution >= 0.6 is 11.3 Å². The largest absolute Gasteiger partial charge is 0.390 e. The third-order valence-corrected chi connectivity index (χ3v) is 3.36. The highest BCUT2D eigenvalue weighted by atomic mass is 32.1. The third-order valence-electron chi connectivity index (χ3n) is 2.51. The van der Waals surface area contributed by atoms with Crippen molar-refractivity contribution in [1.29, 1.82) is 0 Å². The summed E-state index contributed by atoms with van der Waals surface area (Å²) in [6, 6.07) is 9.68. The first kappa shape index (κ1) is 14.0. The van der Waals surface area contributed by atoms with E-state index in [4.69, 9.17) is 5.11 Å². The lowest BCUT2D eigenvalue weighted by Crippen LogP contribution is -2.35. The molecule has 0 saturated carbocycles. The Morgan fingerprint density at radius 2 is 2.00 bits per heavy atom. The first-order valence-electron chi connectivity index (χ1n) is 5.80. The van der Waals surface area contributed by atoms with Gasteiger partial charge in [0.1, 0.15) is 11.6 Å². The molecule has 2 aromatic rings. The highest BCUT2D eigenvalue weighted by Gasteiger charge is 2.26. The Balaban J connectivity index is 1.92. The number of thiazole rings is 1. The van der Waals surface area contributed by atoms with Crippen molar-refractivity contribution in [2.45, 2.75) is 12.5 Å². The van der Waals surface area contributed by atoms with E-state index in [-0.39, 0.29) is 6.54 Å². The second-order valence-electron chi connectivity index (χ2n) is 4.11. The molecule has 0 aliphatic carbocycles. The van der Waals surface area contributed by atoms with E-state index in [1.807, 2.05) is 35.7 Å². The molecule has 102 valence electrons. The van der Waals surface area contributed by atoms with Crippen LogP contribution in [0.2, 0.25) is 0 Å². The van der Waals surface area contributed by atoms with Crippen molar-refractivity contribution < 1.29 is 13.9 Å². The summed E-state index contributed by atoms with van der Waals surface area (Å²) < 4.78 is 25.6. The number of aliphatic hydroxyl groups is 1. The number of alkyl halides is 2. The van der Waals surface area contributed by atoms with Crippen molar-refractivity contribution in [3.05, 3.63) is 40.7 Å². The molecule has 1 aromatic carbocycles. The smallest absolute Gasteiger partial charge is 0.282 e. The number of nitrogens with one attached hydrogen (secondary N) is 1. The quantitative estimate of drug-likeness (QED) is 0.857. The summed E-state index contributed by atoms with van der Waals surface area (Å²) in [5.74, 6) is -3.08. The van der Waals surface area contributed by atoms with Crippen LogP contribution in [0, 0.1) is 0 Å². The number of hydrogen-bond acceptors (Lipinski definition) is 4. The van der Waals surface area contributed by atoms with Crippen molar-refractivity contribution in [1.82, 2.24) is 10.3 Å². The molecule has 1 heterocycles. The summed E-state index contributed by atoms with van der Waals surface area (Å²) in [6.45, 7) is -1.43. The van der Waals surface area contributed by atoms with Crippen molar-refractivity contribution in [2.24, 2.45) is 0 Å². The normalized spacial score (nSPS) is 11.7. The maximum atomic E-state index is 12.8. The minimum atomic E-state index is -3.08. The summed E-state index contributed by atoms with van der Waals surface area (Å²) >= 11 is 1.42. The predicted octanol–water partition coefficient (Wildman–Crippen LogP) is 2.53. The minimum absolute atomic E-state index is 0.271. The van der Waals surface area contributed by atoms with Crippen molar-refractivity contribution in [2.75, 3.05) is 13.2 Å². The molecule has 6 heteroatoms.